The van der Waals surface area contributed by atoms with Crippen molar-refractivity contribution in [1.29, 1.82) is 5.26 Å². The third-order valence-corrected chi connectivity index (χ3v) is 1.76. The van der Waals surface area contributed by atoms with Crippen molar-refractivity contribution in [2.45, 2.75) is 0 Å². The molecule has 120 valence electrons. The van der Waals surface area contributed by atoms with Gasteiger partial charge < -0.3 is 10.6 Å². The Hall–Kier alpha value is -2.78. The van der Waals surface area contributed by atoms with Crippen LogP contribution in [0.5, 0.6) is 0 Å². The number of rotatable bonds is 5. The van der Waals surface area contributed by atoms with Crippen LogP contribution in [0.1, 0.15) is 11.3 Å². The second kappa shape index (κ2) is 9.21. The van der Waals surface area contributed by atoms with E-state index in [1.807, 2.05) is 6.07 Å². The summed E-state index contributed by atoms with van der Waals surface area (Å²) in [6.45, 7) is -0.150. The average Bonchev–Trinajstić information content (AvgIpc) is 2.41. The minimum atomic E-state index is -3.67. The highest BCUT2D eigenvalue weighted by molar-refractivity contribution is 7.85. The minimum Gasteiger partial charge on any atom is -0.383 e. The van der Waals surface area contributed by atoms with Crippen LogP contribution in [0.2, 0.25) is 0 Å². The Bertz CT molecular complexity index is 673. The summed E-state index contributed by atoms with van der Waals surface area (Å²) in [5.41, 5.74) is 6.18. The Morgan fingerprint density at radius 1 is 1.68 bits per heavy atom. The molecule has 0 bridgehead atoms. The molecule has 0 aliphatic heterocycles. The summed E-state index contributed by atoms with van der Waals surface area (Å²) in [5, 5.41) is 17.7. The van der Waals surface area contributed by atoms with Crippen LogP contribution in [-0.4, -0.2) is 48.3 Å². The fraction of sp³-hybridized carbons (Fsp3) is 0.300. The largest absolute Gasteiger partial charge is 0.383 e. The van der Waals surface area contributed by atoms with Gasteiger partial charge in [0.2, 0.25) is 0 Å². The summed E-state index contributed by atoms with van der Waals surface area (Å²) in [6, 6.07) is 5.09. The first kappa shape index (κ1) is 19.2. The maximum atomic E-state index is 9.86. The quantitative estimate of drug-likeness (QED) is 0.177. The number of nitrogens with two attached hydrogens (primary N) is 1. The summed E-state index contributed by atoms with van der Waals surface area (Å²) in [5.74, 6) is 0.0987. The fourth-order valence-corrected chi connectivity index (χ4v) is 1.07. The van der Waals surface area contributed by atoms with Crippen LogP contribution in [0.4, 0.5) is 0 Å². The van der Waals surface area contributed by atoms with Gasteiger partial charge in [0.15, 0.2) is 5.69 Å². The van der Waals surface area contributed by atoms with Gasteiger partial charge in [-0.15, -0.1) is 10.1 Å². The molecule has 0 fully saturated rings. The van der Waals surface area contributed by atoms with E-state index in [4.69, 9.17) is 15.5 Å². The number of hydrogen-bond donors (Lipinski definition) is 2. The monoisotopic (exact) mass is 331 g/mol. The topological polar surface area (TPSA) is 182 Å². The van der Waals surface area contributed by atoms with Crippen LogP contribution >= 0.6 is 0 Å². The lowest BCUT2D eigenvalue weighted by atomic mass is 10.2. The van der Waals surface area contributed by atoms with Gasteiger partial charge in [0.1, 0.15) is 18.5 Å². The number of pyridine rings is 1. The summed E-state index contributed by atoms with van der Waals surface area (Å²) in [4.78, 5) is 21.6. The van der Waals surface area contributed by atoms with Gasteiger partial charge >= 0.3 is 0 Å². The summed E-state index contributed by atoms with van der Waals surface area (Å²) < 4.78 is 25.9. The van der Waals surface area contributed by atoms with Gasteiger partial charge in [-0.3, -0.25) is 9.55 Å². The van der Waals surface area contributed by atoms with Crippen molar-refractivity contribution in [2.24, 2.45) is 10.7 Å². The molecule has 3 N–H and O–H groups in total. The number of amidine groups is 1. The molecule has 1 rings (SSSR count). The van der Waals surface area contributed by atoms with Gasteiger partial charge in [-0.2, -0.15) is 13.7 Å². The van der Waals surface area contributed by atoms with E-state index in [2.05, 4.69) is 14.8 Å². The highest BCUT2D eigenvalue weighted by Crippen LogP contribution is 2.03. The van der Waals surface area contributed by atoms with Crippen molar-refractivity contribution in [2.75, 3.05) is 19.4 Å². The molecule has 11 nitrogen and oxygen atoms in total. The van der Waals surface area contributed by atoms with Crippen molar-refractivity contribution in [3.63, 3.8) is 0 Å². The van der Waals surface area contributed by atoms with Crippen molar-refractivity contribution in [3.8, 4) is 6.07 Å². The molecule has 0 spiro atoms. The molecule has 1 heterocycles. The first-order valence-corrected chi connectivity index (χ1v) is 7.35. The molecule has 0 saturated heterocycles. The predicted octanol–water partition coefficient (Wildman–Crippen LogP) is -0.629. The van der Waals surface area contributed by atoms with Crippen LogP contribution < -0.4 is 5.73 Å². The van der Waals surface area contributed by atoms with Gasteiger partial charge in [-0.1, -0.05) is 0 Å². The molecular weight excluding hydrogens is 318 g/mol. The fourth-order valence-electron chi connectivity index (χ4n) is 1.07. The zero-order valence-electron chi connectivity index (χ0n) is 11.4. The molecule has 1 aromatic heterocycles. The van der Waals surface area contributed by atoms with Gasteiger partial charge in [0, 0.05) is 6.20 Å². The van der Waals surface area contributed by atoms with E-state index in [0.717, 1.165) is 0 Å². The first-order chi connectivity index (χ1) is 10.1. The van der Waals surface area contributed by atoms with Gasteiger partial charge in [-0.25, -0.2) is 4.98 Å². The smallest absolute Gasteiger partial charge is 0.294 e. The maximum absolute atomic E-state index is 9.86. The van der Waals surface area contributed by atoms with Crippen molar-refractivity contribution >= 4 is 16.0 Å². The van der Waals surface area contributed by atoms with Gasteiger partial charge in [0.25, 0.3) is 15.2 Å². The Kier molecular flexibility index (Phi) is 8.05. The number of nitriles is 1. The summed E-state index contributed by atoms with van der Waals surface area (Å²) >= 11 is 0. The molecule has 0 aliphatic carbocycles. The molecule has 0 saturated carbocycles. The van der Waals surface area contributed by atoms with Crippen molar-refractivity contribution in [1.82, 2.24) is 4.98 Å². The van der Waals surface area contributed by atoms with Crippen LogP contribution in [-0.2, 0) is 15.0 Å². The zero-order chi connectivity index (χ0) is 17.2. The third-order valence-electron chi connectivity index (χ3n) is 1.76. The van der Waals surface area contributed by atoms with Crippen molar-refractivity contribution in [3.05, 3.63) is 39.7 Å². The lowest BCUT2D eigenvalue weighted by molar-refractivity contribution is -0.757. The number of aliphatic imine (C=N–C) groups is 1. The Morgan fingerprint density at radius 3 is 2.77 bits per heavy atom. The normalized spacial score (nSPS) is 10.9. The van der Waals surface area contributed by atoms with Crippen LogP contribution in [0, 0.1) is 21.4 Å². The predicted molar refractivity (Wildman–Crippen MR) is 75.0 cm³/mol. The van der Waals surface area contributed by atoms with Crippen LogP contribution in [0.25, 0.3) is 0 Å². The lowest BCUT2D eigenvalue weighted by Gasteiger charge is -2.02. The molecule has 0 atom stereocenters. The molecule has 0 unspecified atom stereocenters. The SMILES string of the molecule is CS(=O)(=O)O.N#Cc1ncccc1/C(N)=N/CCO[N+](=O)[O-]. The lowest BCUT2D eigenvalue weighted by Crippen LogP contribution is -2.17. The van der Waals surface area contributed by atoms with Gasteiger partial charge in [0.05, 0.1) is 18.4 Å². The molecule has 0 aromatic carbocycles. The number of hydrogen-bond acceptors (Lipinski definition) is 8. The molecule has 1 aromatic rings. The second-order valence-electron chi connectivity index (χ2n) is 3.57. The molecular formula is C10H13N5O6S. The third kappa shape index (κ3) is 10.1. The highest BCUT2D eigenvalue weighted by atomic mass is 32.2. The van der Waals surface area contributed by atoms with Crippen LogP contribution in [0.15, 0.2) is 23.3 Å². The van der Waals surface area contributed by atoms with E-state index >= 15 is 0 Å². The average molecular weight is 331 g/mol. The van der Waals surface area contributed by atoms with E-state index in [1.54, 1.807) is 12.1 Å². The summed E-state index contributed by atoms with van der Waals surface area (Å²) in [7, 11) is -3.67. The summed E-state index contributed by atoms with van der Waals surface area (Å²) in [6.07, 6.45) is 2.18. The molecule has 0 aliphatic rings. The van der Waals surface area contributed by atoms with E-state index < -0.39 is 15.2 Å². The standard InChI is InChI=1S/C9H9N5O3.CH4O3S/c10-6-8-7(2-1-3-12-8)9(11)13-4-5-17-14(15)16;1-5(2,3)4/h1-3H,4-5H2,(H2,11,13);1H3,(H,2,3,4). The second-order valence-corrected chi connectivity index (χ2v) is 5.03. The minimum absolute atomic E-state index is 0.0343. The van der Waals surface area contributed by atoms with Crippen molar-refractivity contribution < 1.29 is 22.9 Å². The Labute approximate surface area is 125 Å². The van der Waals surface area contributed by atoms with E-state index in [0.29, 0.717) is 11.8 Å². The maximum Gasteiger partial charge on any atom is 0.294 e. The van der Waals surface area contributed by atoms with Crippen LogP contribution in [0.3, 0.4) is 0 Å². The van der Waals surface area contributed by atoms with E-state index in [-0.39, 0.29) is 24.7 Å². The first-order valence-electron chi connectivity index (χ1n) is 5.50. The number of nitrogens with zero attached hydrogens (tertiary/aromatic N) is 4. The molecule has 0 amide bonds. The van der Waals surface area contributed by atoms with E-state index in [9.17, 15) is 18.5 Å². The molecule has 12 heteroatoms. The van der Waals surface area contributed by atoms with E-state index in [1.165, 1.54) is 6.20 Å². The highest BCUT2D eigenvalue weighted by Gasteiger charge is 2.05. The Balaban J connectivity index is 0.000000763. The Morgan fingerprint density at radius 2 is 2.27 bits per heavy atom. The zero-order valence-corrected chi connectivity index (χ0v) is 12.2. The molecule has 0 radical (unpaired) electrons. The van der Waals surface area contributed by atoms with Gasteiger partial charge in [-0.05, 0) is 12.1 Å². The molecule has 22 heavy (non-hydrogen) atoms. The number of aromatic nitrogens is 1.